The maximum absolute atomic E-state index is 13.3. The van der Waals surface area contributed by atoms with Crippen molar-refractivity contribution in [3.8, 4) is 0 Å². The van der Waals surface area contributed by atoms with Crippen molar-refractivity contribution >= 4 is 30.0 Å². The second-order valence-electron chi connectivity index (χ2n) is 27.0. The minimum Gasteiger partial charge on any atom is -0.459 e. The molecule has 0 bridgehead atoms. The molecule has 4 rings (SSSR count). The molecule has 2 aliphatic heterocycles. The van der Waals surface area contributed by atoms with Crippen LogP contribution in [-0.4, -0.2) is 183 Å². The number of alkyl carbamates (subject to hydrolysis) is 1. The Morgan fingerprint density at radius 3 is 1.36 bits per heavy atom. The smallest absolute Gasteiger partial charge is 0.407 e. The fraction of sp³-hybridized carbons (Fsp3) is 0.754. The lowest BCUT2D eigenvalue weighted by Crippen LogP contribution is -2.53. The molecule has 0 aromatic heterocycles. The standard InChI is InChI=1S/C69H115N5O12/c1-55-56(2)62(83-64(78)58-38-28-25-29-39-58)65(82-59(55)54-81-63(77)57-36-26-24-27-37-57)80-51-33-23-19-15-14-18-22-32-42-72-44-35-46-73(52-60(75)84-67(3,4)5)49-47-71(43-34-45-74(50-48-72)53-61(76)85-68(6,7)8)41-31-21-17-13-12-16-20-30-40-70-66(79)86-69(9,10)11/h24-29,36-39,55-56,59,62,65H,12-23,30-35,40-54H2,1-11H3,(H,70,79)/t55-,56-,59?,62?,65+/m0/s1. The SMILES string of the molecule is C[C@@H]1C(COC(=O)c2ccccc2)O[C@@H](OCCCCCCCCCCN2CCCN(CC(=O)OC(C)(C)C)CCN(CCCCCCCCCCNC(=O)OC(C)(C)C)CCCN(CC(=O)OC(C)(C)C)CC2)C(OC(=O)c2ccccc2)[C@H]1C. The highest BCUT2D eigenvalue weighted by molar-refractivity contribution is 5.90. The van der Waals surface area contributed by atoms with E-state index in [2.05, 4.69) is 24.9 Å². The fourth-order valence-corrected chi connectivity index (χ4v) is 11.0. The number of unbranched alkanes of at least 4 members (excludes halogenated alkanes) is 14. The number of amides is 1. The van der Waals surface area contributed by atoms with Gasteiger partial charge in [0, 0.05) is 58.3 Å². The van der Waals surface area contributed by atoms with E-state index in [0.717, 1.165) is 155 Å². The molecule has 2 saturated heterocycles. The fourth-order valence-electron chi connectivity index (χ4n) is 11.0. The van der Waals surface area contributed by atoms with Gasteiger partial charge in [0.2, 0.25) is 0 Å². The average molecular weight is 1210 g/mol. The number of hydrogen-bond donors (Lipinski definition) is 1. The van der Waals surface area contributed by atoms with Crippen LogP contribution in [0.25, 0.3) is 0 Å². The highest BCUT2D eigenvalue weighted by atomic mass is 16.7. The lowest BCUT2D eigenvalue weighted by atomic mass is 9.83. The normalized spacial score (nSPS) is 20.3. The molecule has 17 heteroatoms. The van der Waals surface area contributed by atoms with Crippen LogP contribution < -0.4 is 5.32 Å². The van der Waals surface area contributed by atoms with Gasteiger partial charge >= 0.3 is 30.0 Å². The third kappa shape index (κ3) is 33.1. The van der Waals surface area contributed by atoms with Crippen LogP contribution in [0.5, 0.6) is 0 Å². The van der Waals surface area contributed by atoms with Crippen LogP contribution in [0.2, 0.25) is 0 Å². The van der Waals surface area contributed by atoms with Gasteiger partial charge in [0.1, 0.15) is 23.4 Å². The first-order valence-corrected chi connectivity index (χ1v) is 33.0. The van der Waals surface area contributed by atoms with E-state index >= 15 is 0 Å². The highest BCUT2D eigenvalue weighted by Gasteiger charge is 2.45. The van der Waals surface area contributed by atoms with E-state index in [0.29, 0.717) is 24.3 Å². The van der Waals surface area contributed by atoms with Crippen LogP contribution in [0.15, 0.2) is 60.7 Å². The second-order valence-corrected chi connectivity index (χ2v) is 27.0. The quantitative estimate of drug-likeness (QED) is 0.0416. The molecule has 1 amide bonds. The first-order valence-electron chi connectivity index (χ1n) is 33.0. The number of rotatable bonds is 32. The number of carbonyl (C=O) groups is 5. The summed E-state index contributed by atoms with van der Waals surface area (Å²) in [5, 5.41) is 2.86. The topological polar surface area (TPSA) is 175 Å². The Labute approximate surface area is 518 Å². The molecule has 0 aliphatic carbocycles. The van der Waals surface area contributed by atoms with Crippen molar-refractivity contribution in [2.75, 3.05) is 98.3 Å². The van der Waals surface area contributed by atoms with E-state index in [1.165, 1.54) is 25.7 Å². The van der Waals surface area contributed by atoms with E-state index in [1.807, 2.05) is 100 Å². The molecular formula is C69H115N5O12. The Morgan fingerprint density at radius 1 is 0.488 bits per heavy atom. The van der Waals surface area contributed by atoms with Crippen molar-refractivity contribution in [2.24, 2.45) is 11.8 Å². The molecule has 0 saturated carbocycles. The molecule has 5 atom stereocenters. The van der Waals surface area contributed by atoms with Gasteiger partial charge in [-0.15, -0.1) is 0 Å². The summed E-state index contributed by atoms with van der Waals surface area (Å²) in [4.78, 5) is 74.3. The van der Waals surface area contributed by atoms with Crippen LogP contribution in [0.4, 0.5) is 4.79 Å². The average Bonchev–Trinajstić information content (AvgIpc) is 1.55. The van der Waals surface area contributed by atoms with Crippen molar-refractivity contribution in [3.63, 3.8) is 0 Å². The predicted molar refractivity (Wildman–Crippen MR) is 340 cm³/mol. The van der Waals surface area contributed by atoms with Gasteiger partial charge in [-0.3, -0.25) is 19.4 Å². The van der Waals surface area contributed by atoms with E-state index in [9.17, 15) is 24.0 Å². The second kappa shape index (κ2) is 40.1. The number of nitrogens with one attached hydrogen (secondary N) is 1. The summed E-state index contributed by atoms with van der Waals surface area (Å²) in [6.45, 7) is 31.6. The largest absolute Gasteiger partial charge is 0.459 e. The molecule has 2 unspecified atom stereocenters. The van der Waals surface area contributed by atoms with Crippen LogP contribution in [0, 0.1) is 11.8 Å². The predicted octanol–water partition coefficient (Wildman–Crippen LogP) is 12.5. The minimum absolute atomic E-state index is 0.0619. The summed E-state index contributed by atoms with van der Waals surface area (Å²) >= 11 is 0. The van der Waals surface area contributed by atoms with Gasteiger partial charge < -0.3 is 48.3 Å². The summed E-state index contributed by atoms with van der Waals surface area (Å²) in [6, 6.07) is 17.9. The van der Waals surface area contributed by atoms with Gasteiger partial charge in [0.15, 0.2) is 12.4 Å². The molecule has 0 radical (unpaired) electrons. The van der Waals surface area contributed by atoms with Gasteiger partial charge in [-0.2, -0.15) is 0 Å². The molecule has 2 heterocycles. The zero-order chi connectivity index (χ0) is 62.8. The van der Waals surface area contributed by atoms with Crippen molar-refractivity contribution in [2.45, 2.75) is 227 Å². The summed E-state index contributed by atoms with van der Waals surface area (Å²) in [7, 11) is 0. The first kappa shape index (κ1) is 73.8. The molecule has 2 aliphatic rings. The monoisotopic (exact) mass is 1210 g/mol. The molecule has 488 valence electrons. The summed E-state index contributed by atoms with van der Waals surface area (Å²) < 4.78 is 41.6. The van der Waals surface area contributed by atoms with Crippen molar-refractivity contribution in [1.82, 2.24) is 24.9 Å². The van der Waals surface area contributed by atoms with Crippen molar-refractivity contribution in [1.29, 1.82) is 0 Å². The number of carbonyl (C=O) groups excluding carboxylic acids is 5. The van der Waals surface area contributed by atoms with E-state index < -0.39 is 47.2 Å². The number of hydrogen-bond acceptors (Lipinski definition) is 16. The van der Waals surface area contributed by atoms with Gasteiger partial charge in [0.05, 0.1) is 30.3 Å². The Kier molecular flexibility index (Phi) is 34.4. The number of ether oxygens (including phenoxy) is 7. The van der Waals surface area contributed by atoms with Crippen molar-refractivity contribution < 1.29 is 57.1 Å². The van der Waals surface area contributed by atoms with E-state index in [-0.39, 0.29) is 49.6 Å². The number of nitrogens with zero attached hydrogens (tertiary/aromatic N) is 4. The van der Waals surface area contributed by atoms with Crippen LogP contribution in [-0.2, 0) is 42.7 Å². The van der Waals surface area contributed by atoms with E-state index in [1.54, 1.807) is 36.4 Å². The summed E-state index contributed by atoms with van der Waals surface area (Å²) in [6.07, 6.45) is 17.3. The molecular weight excluding hydrogens is 1090 g/mol. The molecule has 2 aromatic carbocycles. The molecule has 17 nitrogen and oxygen atoms in total. The maximum Gasteiger partial charge on any atom is 0.407 e. The van der Waals surface area contributed by atoms with Gasteiger partial charge in [-0.25, -0.2) is 14.4 Å². The van der Waals surface area contributed by atoms with E-state index in [4.69, 9.17) is 33.2 Å². The summed E-state index contributed by atoms with van der Waals surface area (Å²) in [5.41, 5.74) is -0.640. The molecule has 2 aromatic rings. The Hall–Kier alpha value is -4.65. The summed E-state index contributed by atoms with van der Waals surface area (Å²) in [5.74, 6) is -1.40. The zero-order valence-electron chi connectivity index (χ0n) is 55.2. The first-order chi connectivity index (χ1) is 40.9. The van der Waals surface area contributed by atoms with Gasteiger partial charge in [-0.1, -0.05) is 127 Å². The van der Waals surface area contributed by atoms with Crippen LogP contribution in [0.1, 0.15) is 212 Å². The molecule has 86 heavy (non-hydrogen) atoms. The third-order valence-corrected chi connectivity index (χ3v) is 15.8. The third-order valence-electron chi connectivity index (χ3n) is 15.8. The number of esters is 4. The lowest BCUT2D eigenvalue weighted by molar-refractivity contribution is -0.274. The minimum atomic E-state index is -0.802. The lowest BCUT2D eigenvalue weighted by Gasteiger charge is -2.43. The van der Waals surface area contributed by atoms with Gasteiger partial charge in [0.25, 0.3) is 0 Å². The van der Waals surface area contributed by atoms with Crippen molar-refractivity contribution in [3.05, 3.63) is 71.8 Å². The van der Waals surface area contributed by atoms with Crippen LogP contribution in [0.3, 0.4) is 0 Å². The van der Waals surface area contributed by atoms with Crippen LogP contribution >= 0.6 is 0 Å². The Bertz CT molecular complexity index is 2200. The zero-order valence-corrected chi connectivity index (χ0v) is 55.2. The number of benzene rings is 2. The Balaban J connectivity index is 1.24. The highest BCUT2D eigenvalue weighted by Crippen LogP contribution is 2.34. The molecule has 1 N–H and O–H groups in total. The molecule has 2 fully saturated rings. The van der Waals surface area contributed by atoms with Gasteiger partial charge in [-0.05, 0) is 157 Å². The Morgan fingerprint density at radius 2 is 0.895 bits per heavy atom. The maximum atomic E-state index is 13.3. The molecule has 0 spiro atoms.